The van der Waals surface area contributed by atoms with E-state index in [4.69, 9.17) is 13.9 Å². The maximum Gasteiger partial charge on any atom is 0.350 e. The number of ether oxygens (including phenoxy) is 2. The van der Waals surface area contributed by atoms with Crippen LogP contribution >= 0.6 is 11.3 Å². The Hall–Kier alpha value is -3.98. The van der Waals surface area contributed by atoms with Gasteiger partial charge in [-0.25, -0.2) is 9.78 Å². The first kappa shape index (κ1) is 20.9. The topological polar surface area (TPSA) is 98.9 Å². The third-order valence-corrected chi connectivity index (χ3v) is 6.69. The third kappa shape index (κ3) is 3.20. The molecular weight excluding hydrogens is 444 g/mol. The molecule has 166 valence electrons. The maximum atomic E-state index is 13.6. The number of carbonyl (C=O) groups is 2. The second kappa shape index (κ2) is 7.86. The number of carbonyl (C=O) groups excluding carboxylic acids is 2. The standard InChI is InChI=1S/C24H18N2O6S/c1-12-21(23(29)31-3)33-24(25-12)26-18(13-7-6-8-14(11-13)30-2)17-19(27)15-9-4-5-10-16(15)32-20(17)22(26)28/h4-11,18H,1-3H3/t18-/m1/s1. The van der Waals surface area contributed by atoms with Crippen LogP contribution in [0, 0.1) is 6.92 Å². The number of amides is 1. The van der Waals surface area contributed by atoms with Gasteiger partial charge in [0.05, 0.1) is 36.9 Å². The molecule has 0 saturated heterocycles. The molecule has 9 heteroatoms. The molecule has 5 rings (SSSR count). The predicted octanol–water partition coefficient (Wildman–Crippen LogP) is 4.10. The van der Waals surface area contributed by atoms with Crippen molar-refractivity contribution in [2.75, 3.05) is 19.1 Å². The number of para-hydroxylation sites is 1. The highest BCUT2D eigenvalue weighted by Crippen LogP contribution is 2.43. The van der Waals surface area contributed by atoms with Crippen LogP contribution in [0.1, 0.15) is 43.1 Å². The lowest BCUT2D eigenvalue weighted by Gasteiger charge is -2.22. The number of thiazole rings is 1. The second-order valence-corrected chi connectivity index (χ2v) is 8.40. The Morgan fingerprint density at radius 3 is 2.67 bits per heavy atom. The Morgan fingerprint density at radius 2 is 1.91 bits per heavy atom. The molecule has 4 aromatic rings. The van der Waals surface area contributed by atoms with Crippen molar-refractivity contribution in [2.45, 2.75) is 13.0 Å². The fraction of sp³-hybridized carbons (Fsp3) is 0.167. The Bertz CT molecular complexity index is 1490. The molecule has 1 atom stereocenters. The highest BCUT2D eigenvalue weighted by molar-refractivity contribution is 7.17. The largest absolute Gasteiger partial charge is 0.497 e. The number of aryl methyl sites for hydroxylation is 1. The van der Waals surface area contributed by atoms with Crippen molar-refractivity contribution < 1.29 is 23.5 Å². The van der Waals surface area contributed by atoms with Crippen LogP contribution < -0.4 is 15.1 Å². The molecule has 0 spiro atoms. The van der Waals surface area contributed by atoms with E-state index in [9.17, 15) is 14.4 Å². The van der Waals surface area contributed by atoms with Crippen LogP contribution in [-0.2, 0) is 4.74 Å². The van der Waals surface area contributed by atoms with Crippen LogP contribution in [0.25, 0.3) is 11.0 Å². The number of fused-ring (bicyclic) bond motifs is 2. The first-order valence-corrected chi connectivity index (χ1v) is 10.8. The smallest absolute Gasteiger partial charge is 0.350 e. The van der Waals surface area contributed by atoms with E-state index < -0.39 is 17.9 Å². The van der Waals surface area contributed by atoms with E-state index in [-0.39, 0.29) is 26.8 Å². The predicted molar refractivity (Wildman–Crippen MR) is 122 cm³/mol. The van der Waals surface area contributed by atoms with E-state index in [1.807, 2.05) is 0 Å². The SMILES string of the molecule is COC(=O)c1sc(N2C(=O)c3oc4ccccc4c(=O)c3[C@H]2c2cccc(OC)c2)nc1C. The highest BCUT2D eigenvalue weighted by atomic mass is 32.1. The van der Waals surface area contributed by atoms with Crippen molar-refractivity contribution in [3.05, 3.63) is 86.2 Å². The first-order chi connectivity index (χ1) is 15.9. The average Bonchev–Trinajstić information content (AvgIpc) is 3.36. The van der Waals surface area contributed by atoms with Gasteiger partial charge in [0.1, 0.15) is 16.2 Å². The van der Waals surface area contributed by atoms with E-state index in [0.717, 1.165) is 11.3 Å². The van der Waals surface area contributed by atoms with Gasteiger partial charge in [-0.05, 0) is 36.8 Å². The van der Waals surface area contributed by atoms with Gasteiger partial charge in [-0.15, -0.1) is 0 Å². The van der Waals surface area contributed by atoms with E-state index >= 15 is 0 Å². The van der Waals surface area contributed by atoms with Crippen molar-refractivity contribution in [1.82, 2.24) is 4.98 Å². The minimum Gasteiger partial charge on any atom is -0.497 e. The summed E-state index contributed by atoms with van der Waals surface area (Å²) in [6.07, 6.45) is 0. The molecule has 1 aliphatic heterocycles. The molecule has 0 aliphatic carbocycles. The molecule has 8 nitrogen and oxygen atoms in total. The molecule has 0 radical (unpaired) electrons. The van der Waals surface area contributed by atoms with Gasteiger partial charge in [0.25, 0.3) is 5.91 Å². The first-order valence-electron chi connectivity index (χ1n) is 10.0. The summed E-state index contributed by atoms with van der Waals surface area (Å²) in [5, 5.41) is 0.643. The quantitative estimate of drug-likeness (QED) is 0.421. The lowest BCUT2D eigenvalue weighted by Crippen LogP contribution is -2.29. The number of anilines is 1. The van der Waals surface area contributed by atoms with Gasteiger partial charge in [-0.2, -0.15) is 0 Å². The minimum atomic E-state index is -0.806. The summed E-state index contributed by atoms with van der Waals surface area (Å²) in [6, 6.07) is 13.1. The number of methoxy groups -OCH3 is 2. The number of esters is 1. The molecule has 0 saturated carbocycles. The van der Waals surface area contributed by atoms with Crippen LogP contribution in [-0.4, -0.2) is 31.1 Å². The molecule has 0 unspecified atom stereocenters. The number of nitrogens with zero attached hydrogens (tertiary/aromatic N) is 2. The fourth-order valence-corrected chi connectivity index (χ4v) is 5.02. The summed E-state index contributed by atoms with van der Waals surface area (Å²) in [6.45, 7) is 1.66. The number of benzene rings is 2. The van der Waals surface area contributed by atoms with Gasteiger partial charge >= 0.3 is 5.97 Å². The lowest BCUT2D eigenvalue weighted by molar-refractivity contribution is 0.0605. The Kier molecular flexibility index (Phi) is 4.98. The zero-order chi connectivity index (χ0) is 23.3. The maximum absolute atomic E-state index is 13.6. The van der Waals surface area contributed by atoms with Gasteiger partial charge in [0, 0.05) is 0 Å². The van der Waals surface area contributed by atoms with Crippen molar-refractivity contribution in [1.29, 1.82) is 0 Å². The molecule has 2 aromatic heterocycles. The molecule has 1 amide bonds. The van der Waals surface area contributed by atoms with E-state index in [1.54, 1.807) is 62.6 Å². The van der Waals surface area contributed by atoms with Crippen molar-refractivity contribution in [2.24, 2.45) is 0 Å². The van der Waals surface area contributed by atoms with Crippen LogP contribution in [0.3, 0.4) is 0 Å². The molecule has 33 heavy (non-hydrogen) atoms. The van der Waals surface area contributed by atoms with Crippen LogP contribution in [0.4, 0.5) is 5.13 Å². The van der Waals surface area contributed by atoms with Gasteiger partial charge < -0.3 is 13.9 Å². The Balaban J connectivity index is 1.78. The summed E-state index contributed by atoms with van der Waals surface area (Å²) in [5.74, 6) is -0.521. The normalized spacial score (nSPS) is 15.1. The van der Waals surface area contributed by atoms with E-state index in [0.29, 0.717) is 28.0 Å². The molecule has 1 aliphatic rings. The Morgan fingerprint density at radius 1 is 1.12 bits per heavy atom. The fourth-order valence-electron chi connectivity index (χ4n) is 4.01. The summed E-state index contributed by atoms with van der Waals surface area (Å²) in [4.78, 5) is 45.5. The van der Waals surface area contributed by atoms with Crippen LogP contribution in [0.15, 0.2) is 57.7 Å². The van der Waals surface area contributed by atoms with Crippen molar-refractivity contribution in [3.63, 3.8) is 0 Å². The molecule has 2 aromatic carbocycles. The molecule has 0 fully saturated rings. The van der Waals surface area contributed by atoms with E-state index in [2.05, 4.69) is 4.98 Å². The molecule has 0 bridgehead atoms. The molecule has 0 N–H and O–H groups in total. The van der Waals surface area contributed by atoms with Crippen molar-refractivity contribution in [3.8, 4) is 5.75 Å². The van der Waals surface area contributed by atoms with Gasteiger partial charge in [0.15, 0.2) is 10.6 Å². The van der Waals surface area contributed by atoms with E-state index in [1.165, 1.54) is 12.0 Å². The monoisotopic (exact) mass is 462 g/mol. The number of rotatable bonds is 4. The lowest BCUT2D eigenvalue weighted by atomic mass is 9.98. The summed E-state index contributed by atoms with van der Waals surface area (Å²) in [7, 11) is 2.82. The summed E-state index contributed by atoms with van der Waals surface area (Å²) < 4.78 is 16.1. The number of aromatic nitrogens is 1. The van der Waals surface area contributed by atoms with Gasteiger partial charge in [0.2, 0.25) is 5.76 Å². The molecular formula is C24H18N2O6S. The number of hydrogen-bond donors (Lipinski definition) is 0. The molecule has 3 heterocycles. The third-order valence-electron chi connectivity index (χ3n) is 5.55. The zero-order valence-electron chi connectivity index (χ0n) is 17.9. The number of hydrogen-bond acceptors (Lipinski definition) is 8. The van der Waals surface area contributed by atoms with Crippen LogP contribution in [0.5, 0.6) is 5.75 Å². The van der Waals surface area contributed by atoms with Gasteiger partial charge in [-0.1, -0.05) is 35.6 Å². The minimum absolute atomic E-state index is 0.0426. The van der Waals surface area contributed by atoms with Crippen molar-refractivity contribution >= 4 is 39.3 Å². The second-order valence-electron chi connectivity index (χ2n) is 7.43. The summed E-state index contributed by atoms with van der Waals surface area (Å²) >= 11 is 1.03. The average molecular weight is 462 g/mol. The van der Waals surface area contributed by atoms with Gasteiger partial charge in [-0.3, -0.25) is 14.5 Å². The Labute approximate surface area is 192 Å². The van der Waals surface area contributed by atoms with Crippen LogP contribution in [0.2, 0.25) is 0 Å². The zero-order valence-corrected chi connectivity index (χ0v) is 18.8. The highest BCUT2D eigenvalue weighted by Gasteiger charge is 2.45. The summed E-state index contributed by atoms with van der Waals surface area (Å²) in [5.41, 5.74) is 1.33.